The van der Waals surface area contributed by atoms with Crippen LogP contribution in [0.1, 0.15) is 47.4 Å². The highest BCUT2D eigenvalue weighted by molar-refractivity contribution is 5.96. The van der Waals surface area contributed by atoms with Crippen molar-refractivity contribution in [1.29, 1.82) is 0 Å². The molecule has 1 aromatic carbocycles. The van der Waals surface area contributed by atoms with E-state index in [1.807, 2.05) is 19.9 Å². The van der Waals surface area contributed by atoms with Gasteiger partial charge in [0.15, 0.2) is 0 Å². The summed E-state index contributed by atoms with van der Waals surface area (Å²) in [7, 11) is 1.51. The molecule has 0 saturated carbocycles. The Morgan fingerprint density at radius 1 is 1.44 bits per heavy atom. The van der Waals surface area contributed by atoms with Crippen molar-refractivity contribution in [1.82, 2.24) is 0 Å². The van der Waals surface area contributed by atoms with Crippen LogP contribution in [0.4, 0.5) is 0 Å². The zero-order valence-corrected chi connectivity index (χ0v) is 10.9. The van der Waals surface area contributed by atoms with Gasteiger partial charge in [0, 0.05) is 5.56 Å². The van der Waals surface area contributed by atoms with Crippen LogP contribution < -0.4 is 4.74 Å². The molecule has 2 rings (SSSR count). The lowest BCUT2D eigenvalue weighted by molar-refractivity contribution is -0.0328. The molecule has 1 N–H and O–H groups in total. The van der Waals surface area contributed by atoms with E-state index in [1.165, 1.54) is 7.11 Å². The Labute approximate surface area is 107 Å². The number of methoxy groups -OCH3 is 1. The fraction of sp³-hybridized carbons (Fsp3) is 0.500. The molecule has 0 radical (unpaired) electrons. The van der Waals surface area contributed by atoms with Crippen LogP contribution in [0.2, 0.25) is 0 Å². The molecule has 2 atom stereocenters. The van der Waals surface area contributed by atoms with Gasteiger partial charge in [0.05, 0.1) is 7.11 Å². The summed E-state index contributed by atoms with van der Waals surface area (Å²) in [6.45, 7) is 3.85. The number of esters is 1. The maximum Gasteiger partial charge on any atom is 0.342 e. The van der Waals surface area contributed by atoms with Crippen molar-refractivity contribution in [3.05, 3.63) is 28.8 Å². The molecule has 0 amide bonds. The zero-order valence-electron chi connectivity index (χ0n) is 10.9. The highest BCUT2D eigenvalue weighted by Gasteiger charge is 2.36. The average molecular weight is 250 g/mol. The summed E-state index contributed by atoms with van der Waals surface area (Å²) in [6, 6.07) is 3.63. The first kappa shape index (κ1) is 12.9. The summed E-state index contributed by atoms with van der Waals surface area (Å²) >= 11 is 0. The topological polar surface area (TPSA) is 55.8 Å². The standard InChI is InChI=1S/C14H18O4/c1-4-5-10-12(15)9-7-6-8(2)13(17-3)11(9)14(16)18-10/h6-7,10,12,15H,4-5H2,1-3H3/t10-,12-/m1/s1. The number of carbonyl (C=O) groups is 1. The van der Waals surface area contributed by atoms with Crippen molar-refractivity contribution in [3.8, 4) is 5.75 Å². The van der Waals surface area contributed by atoms with Crippen LogP contribution in [-0.4, -0.2) is 24.3 Å². The van der Waals surface area contributed by atoms with E-state index in [9.17, 15) is 9.90 Å². The predicted octanol–water partition coefficient (Wildman–Crippen LogP) is 2.38. The summed E-state index contributed by atoms with van der Waals surface area (Å²) in [6.07, 6.45) is 0.283. The Morgan fingerprint density at radius 3 is 2.78 bits per heavy atom. The molecule has 0 bridgehead atoms. The molecule has 1 aromatic rings. The second kappa shape index (κ2) is 4.98. The van der Waals surface area contributed by atoms with Crippen LogP contribution in [0.3, 0.4) is 0 Å². The van der Waals surface area contributed by atoms with Crippen molar-refractivity contribution in [2.45, 2.75) is 38.9 Å². The molecule has 0 aromatic heterocycles. The van der Waals surface area contributed by atoms with E-state index < -0.39 is 18.2 Å². The van der Waals surface area contributed by atoms with E-state index in [0.29, 0.717) is 23.3 Å². The summed E-state index contributed by atoms with van der Waals surface area (Å²) in [5.41, 5.74) is 1.82. The Bertz CT molecular complexity index is 467. The van der Waals surface area contributed by atoms with E-state index in [0.717, 1.165) is 12.0 Å². The minimum absolute atomic E-state index is 0.359. The molecule has 0 aliphatic carbocycles. The second-order valence-corrected chi connectivity index (χ2v) is 4.56. The number of carbonyl (C=O) groups excluding carboxylic acids is 1. The van der Waals surface area contributed by atoms with Crippen LogP contribution in [-0.2, 0) is 4.74 Å². The third-order valence-corrected chi connectivity index (χ3v) is 3.30. The normalized spacial score (nSPS) is 22.3. The number of cyclic esters (lactones) is 1. The first-order valence-electron chi connectivity index (χ1n) is 6.16. The molecule has 1 aliphatic rings. The zero-order chi connectivity index (χ0) is 13.3. The Hall–Kier alpha value is -1.55. The number of aryl methyl sites for hydroxylation is 1. The Morgan fingerprint density at radius 2 is 2.17 bits per heavy atom. The van der Waals surface area contributed by atoms with Crippen LogP contribution in [0.5, 0.6) is 5.75 Å². The van der Waals surface area contributed by atoms with E-state index >= 15 is 0 Å². The first-order chi connectivity index (χ1) is 8.60. The van der Waals surface area contributed by atoms with Crippen LogP contribution in [0, 0.1) is 6.92 Å². The molecule has 1 heterocycles. The number of hydrogen-bond donors (Lipinski definition) is 1. The largest absolute Gasteiger partial charge is 0.496 e. The number of hydrogen-bond acceptors (Lipinski definition) is 4. The van der Waals surface area contributed by atoms with Crippen molar-refractivity contribution in [2.24, 2.45) is 0 Å². The second-order valence-electron chi connectivity index (χ2n) is 4.56. The highest BCUT2D eigenvalue weighted by atomic mass is 16.6. The lowest BCUT2D eigenvalue weighted by atomic mass is 9.91. The third kappa shape index (κ3) is 1.97. The molecule has 4 nitrogen and oxygen atoms in total. The number of fused-ring (bicyclic) bond motifs is 1. The van der Waals surface area contributed by atoms with Crippen LogP contribution >= 0.6 is 0 Å². The molecule has 0 spiro atoms. The molecule has 4 heteroatoms. The lowest BCUT2D eigenvalue weighted by Gasteiger charge is -2.30. The number of rotatable bonds is 3. The van der Waals surface area contributed by atoms with Gasteiger partial charge in [-0.1, -0.05) is 25.5 Å². The molecule has 98 valence electrons. The van der Waals surface area contributed by atoms with Crippen molar-refractivity contribution < 1.29 is 19.4 Å². The Balaban J connectivity index is 2.50. The van der Waals surface area contributed by atoms with Gasteiger partial charge in [-0.15, -0.1) is 0 Å². The summed E-state index contributed by atoms with van der Waals surface area (Å²) < 4.78 is 10.5. The van der Waals surface area contributed by atoms with Gasteiger partial charge >= 0.3 is 5.97 Å². The smallest absolute Gasteiger partial charge is 0.342 e. The molecule has 18 heavy (non-hydrogen) atoms. The molecular formula is C14H18O4. The van der Waals surface area contributed by atoms with Gasteiger partial charge in [-0.05, 0) is 18.9 Å². The van der Waals surface area contributed by atoms with Gasteiger partial charge in [-0.2, -0.15) is 0 Å². The fourth-order valence-corrected chi connectivity index (χ4v) is 2.38. The van der Waals surface area contributed by atoms with E-state index in [4.69, 9.17) is 9.47 Å². The number of ether oxygens (including phenoxy) is 2. The molecule has 0 fully saturated rings. The van der Waals surface area contributed by atoms with Crippen LogP contribution in [0.15, 0.2) is 12.1 Å². The molecule has 0 unspecified atom stereocenters. The van der Waals surface area contributed by atoms with Gasteiger partial charge in [-0.3, -0.25) is 0 Å². The number of aliphatic hydroxyl groups excluding tert-OH is 1. The maximum atomic E-state index is 12.0. The molecule has 1 aliphatic heterocycles. The van der Waals surface area contributed by atoms with Crippen molar-refractivity contribution >= 4 is 5.97 Å². The van der Waals surface area contributed by atoms with Crippen LogP contribution in [0.25, 0.3) is 0 Å². The molecule has 0 saturated heterocycles. The van der Waals surface area contributed by atoms with Gasteiger partial charge in [0.1, 0.15) is 23.5 Å². The maximum absolute atomic E-state index is 12.0. The average Bonchev–Trinajstić information content (AvgIpc) is 2.35. The highest BCUT2D eigenvalue weighted by Crippen LogP contribution is 2.37. The number of benzene rings is 1. The van der Waals surface area contributed by atoms with E-state index in [2.05, 4.69) is 0 Å². The van der Waals surface area contributed by atoms with Gasteiger partial charge in [0.25, 0.3) is 0 Å². The SMILES string of the molecule is CCC[C@H]1OC(=O)c2c(ccc(C)c2OC)[C@H]1O. The minimum Gasteiger partial charge on any atom is -0.496 e. The predicted molar refractivity (Wildman–Crippen MR) is 66.8 cm³/mol. The van der Waals surface area contributed by atoms with Crippen molar-refractivity contribution in [2.75, 3.05) is 7.11 Å². The first-order valence-corrected chi connectivity index (χ1v) is 6.16. The quantitative estimate of drug-likeness (QED) is 0.837. The van der Waals surface area contributed by atoms with E-state index in [1.54, 1.807) is 6.07 Å². The van der Waals surface area contributed by atoms with Gasteiger partial charge in [-0.25, -0.2) is 4.79 Å². The summed E-state index contributed by atoms with van der Waals surface area (Å²) in [5, 5.41) is 10.2. The monoisotopic (exact) mass is 250 g/mol. The van der Waals surface area contributed by atoms with E-state index in [-0.39, 0.29) is 0 Å². The van der Waals surface area contributed by atoms with Crippen molar-refractivity contribution in [3.63, 3.8) is 0 Å². The summed E-state index contributed by atoms with van der Waals surface area (Å²) in [5.74, 6) is 0.0841. The third-order valence-electron chi connectivity index (χ3n) is 3.30. The van der Waals surface area contributed by atoms with Gasteiger partial charge in [0.2, 0.25) is 0 Å². The molecular weight excluding hydrogens is 232 g/mol. The fourth-order valence-electron chi connectivity index (χ4n) is 2.38. The van der Waals surface area contributed by atoms with Gasteiger partial charge < -0.3 is 14.6 Å². The number of aliphatic hydroxyl groups is 1. The minimum atomic E-state index is -0.771. The summed E-state index contributed by atoms with van der Waals surface area (Å²) in [4.78, 5) is 12.0. The Kier molecular flexibility index (Phi) is 3.57. The lowest BCUT2D eigenvalue weighted by Crippen LogP contribution is -2.32.